The second kappa shape index (κ2) is 8.81. The van der Waals surface area contributed by atoms with Crippen molar-refractivity contribution in [2.75, 3.05) is 13.1 Å². The number of amides is 4. The van der Waals surface area contributed by atoms with E-state index in [4.69, 9.17) is 0 Å². The molecule has 0 aliphatic carbocycles. The highest BCUT2D eigenvalue weighted by atomic mass is 16.2. The number of hydrogen-bond donors (Lipinski definition) is 2. The molecule has 4 rings (SSSR count). The maximum atomic E-state index is 13.1. The molecule has 2 aliphatic rings. The predicted molar refractivity (Wildman–Crippen MR) is 124 cm³/mol. The Morgan fingerprint density at radius 2 is 1.64 bits per heavy atom. The van der Waals surface area contributed by atoms with E-state index in [0.29, 0.717) is 37.1 Å². The third-order valence-corrected chi connectivity index (χ3v) is 6.91. The van der Waals surface area contributed by atoms with Crippen molar-refractivity contribution in [2.45, 2.75) is 39.2 Å². The van der Waals surface area contributed by atoms with Gasteiger partial charge < -0.3 is 10.2 Å². The first kappa shape index (κ1) is 22.7. The lowest BCUT2D eigenvalue weighted by atomic mass is 9.79. The van der Waals surface area contributed by atoms with Crippen LogP contribution in [-0.2, 0) is 10.3 Å². The highest BCUT2D eigenvalue weighted by Crippen LogP contribution is 2.33. The van der Waals surface area contributed by atoms with Crippen LogP contribution in [0.4, 0.5) is 4.79 Å². The van der Waals surface area contributed by atoms with Crippen molar-refractivity contribution in [1.82, 2.24) is 15.5 Å². The van der Waals surface area contributed by atoms with Crippen molar-refractivity contribution in [3.8, 4) is 0 Å². The highest BCUT2D eigenvalue weighted by molar-refractivity contribution is 6.07. The van der Waals surface area contributed by atoms with Gasteiger partial charge in [0.1, 0.15) is 5.54 Å². The average Bonchev–Trinajstić information content (AvgIpc) is 3.13. The van der Waals surface area contributed by atoms with E-state index >= 15 is 0 Å². The quantitative estimate of drug-likeness (QED) is 0.542. The lowest BCUT2D eigenvalue weighted by Crippen LogP contribution is -2.48. The SMILES string of the molecule is Cc1ccccc1C(=O)C1CCN(C(=O)c2ccc([C@@]3(C(C)C)NC(=O)NC3=O)cc2)CC1. The van der Waals surface area contributed by atoms with Gasteiger partial charge in [-0.05, 0) is 48.9 Å². The van der Waals surface area contributed by atoms with Gasteiger partial charge in [0.25, 0.3) is 11.8 Å². The lowest BCUT2D eigenvalue weighted by molar-refractivity contribution is -0.125. The fourth-order valence-corrected chi connectivity index (χ4v) is 4.88. The number of carbonyl (C=O) groups excluding carboxylic acids is 4. The molecule has 7 nitrogen and oxygen atoms in total. The van der Waals surface area contributed by atoms with Crippen LogP contribution in [0.2, 0.25) is 0 Å². The summed E-state index contributed by atoms with van der Waals surface area (Å²) in [7, 11) is 0. The number of ketones is 1. The molecule has 33 heavy (non-hydrogen) atoms. The standard InChI is InChI=1S/C26H29N3O4/c1-16(2)26(24(32)27-25(33)28-26)20-10-8-19(9-11-20)23(31)29-14-12-18(13-15-29)22(30)21-7-5-4-6-17(21)3/h4-11,16,18H,12-15H2,1-3H3,(H2,27,28,32,33)/t26-/m1/s1. The summed E-state index contributed by atoms with van der Waals surface area (Å²) < 4.78 is 0. The number of likely N-dealkylation sites (tertiary alicyclic amines) is 1. The summed E-state index contributed by atoms with van der Waals surface area (Å²) >= 11 is 0. The Labute approximate surface area is 193 Å². The zero-order chi connectivity index (χ0) is 23.8. The summed E-state index contributed by atoms with van der Waals surface area (Å²) in [4.78, 5) is 52.0. The molecule has 172 valence electrons. The molecule has 4 amide bonds. The lowest BCUT2D eigenvalue weighted by Gasteiger charge is -2.32. The second-order valence-electron chi connectivity index (χ2n) is 9.19. The summed E-state index contributed by atoms with van der Waals surface area (Å²) in [5.41, 5.74) is 1.76. The van der Waals surface area contributed by atoms with E-state index in [0.717, 1.165) is 11.1 Å². The summed E-state index contributed by atoms with van der Waals surface area (Å²) in [5.74, 6) is -0.576. The van der Waals surface area contributed by atoms with Gasteiger partial charge in [0.05, 0.1) is 0 Å². The van der Waals surface area contributed by atoms with Gasteiger partial charge >= 0.3 is 6.03 Å². The first-order valence-corrected chi connectivity index (χ1v) is 11.4. The molecule has 0 saturated carbocycles. The number of carbonyl (C=O) groups is 4. The van der Waals surface area contributed by atoms with Gasteiger partial charge in [-0.25, -0.2) is 4.79 Å². The predicted octanol–water partition coefficient (Wildman–Crippen LogP) is 3.42. The molecular formula is C26H29N3O4. The number of Topliss-reactive ketones (excluding diaryl/α,β-unsaturated/α-hetero) is 1. The summed E-state index contributed by atoms with van der Waals surface area (Å²) in [6.07, 6.45) is 1.28. The van der Waals surface area contributed by atoms with Gasteiger partial charge in [-0.3, -0.25) is 19.7 Å². The van der Waals surface area contributed by atoms with Crippen molar-refractivity contribution in [3.63, 3.8) is 0 Å². The maximum Gasteiger partial charge on any atom is 0.322 e. The summed E-state index contributed by atoms with van der Waals surface area (Å²) in [6, 6.07) is 14.0. The largest absolute Gasteiger partial charge is 0.339 e. The second-order valence-corrected chi connectivity index (χ2v) is 9.19. The van der Waals surface area contributed by atoms with Crippen LogP contribution >= 0.6 is 0 Å². The van der Waals surface area contributed by atoms with Crippen LogP contribution in [0.3, 0.4) is 0 Å². The van der Waals surface area contributed by atoms with Gasteiger partial charge in [0.15, 0.2) is 5.78 Å². The van der Waals surface area contributed by atoms with Crippen molar-refractivity contribution < 1.29 is 19.2 Å². The van der Waals surface area contributed by atoms with Crippen molar-refractivity contribution in [1.29, 1.82) is 0 Å². The Morgan fingerprint density at radius 3 is 2.18 bits per heavy atom. The van der Waals surface area contributed by atoms with Crippen LogP contribution in [0.25, 0.3) is 0 Å². The van der Waals surface area contributed by atoms with Crippen LogP contribution in [0.5, 0.6) is 0 Å². The number of rotatable bonds is 5. The molecule has 2 N–H and O–H groups in total. The van der Waals surface area contributed by atoms with Gasteiger partial charge in [0, 0.05) is 30.1 Å². The molecular weight excluding hydrogens is 418 g/mol. The fraction of sp³-hybridized carbons (Fsp3) is 0.385. The fourth-order valence-electron chi connectivity index (χ4n) is 4.88. The Kier molecular flexibility index (Phi) is 6.06. The van der Waals surface area contributed by atoms with Crippen LogP contribution in [-0.4, -0.2) is 41.6 Å². The molecule has 2 fully saturated rings. The van der Waals surface area contributed by atoms with Crippen LogP contribution < -0.4 is 10.6 Å². The number of nitrogens with zero attached hydrogens (tertiary/aromatic N) is 1. The molecule has 7 heteroatoms. The monoisotopic (exact) mass is 447 g/mol. The summed E-state index contributed by atoms with van der Waals surface area (Å²) in [5, 5.41) is 5.06. The first-order valence-electron chi connectivity index (χ1n) is 11.4. The number of nitrogens with one attached hydrogen (secondary N) is 2. The third kappa shape index (κ3) is 4.03. The van der Waals surface area contributed by atoms with Gasteiger partial charge in [-0.1, -0.05) is 50.2 Å². The molecule has 2 aliphatic heterocycles. The maximum absolute atomic E-state index is 13.1. The van der Waals surface area contributed by atoms with E-state index in [-0.39, 0.29) is 29.4 Å². The summed E-state index contributed by atoms with van der Waals surface area (Å²) in [6.45, 7) is 6.73. The smallest absolute Gasteiger partial charge is 0.322 e. The Bertz CT molecular complexity index is 1100. The minimum absolute atomic E-state index is 0.0760. The minimum atomic E-state index is -1.15. The Morgan fingerprint density at radius 1 is 1.00 bits per heavy atom. The zero-order valence-corrected chi connectivity index (χ0v) is 19.2. The molecule has 0 unspecified atom stereocenters. The topological polar surface area (TPSA) is 95.6 Å². The van der Waals surface area contributed by atoms with Crippen LogP contribution in [0, 0.1) is 18.8 Å². The van der Waals surface area contributed by atoms with Crippen molar-refractivity contribution >= 4 is 23.6 Å². The number of benzene rings is 2. The minimum Gasteiger partial charge on any atom is -0.339 e. The van der Waals surface area contributed by atoms with E-state index in [1.54, 1.807) is 29.2 Å². The number of imide groups is 1. The molecule has 2 aromatic rings. The number of urea groups is 1. The molecule has 2 saturated heterocycles. The van der Waals surface area contributed by atoms with Gasteiger partial charge in [-0.15, -0.1) is 0 Å². The van der Waals surface area contributed by atoms with Crippen LogP contribution in [0.15, 0.2) is 48.5 Å². The average molecular weight is 448 g/mol. The molecule has 0 radical (unpaired) electrons. The van der Waals surface area contributed by atoms with Crippen LogP contribution in [0.1, 0.15) is 58.5 Å². The molecule has 2 aromatic carbocycles. The first-order chi connectivity index (χ1) is 15.7. The van der Waals surface area contributed by atoms with E-state index in [1.165, 1.54) is 0 Å². The van der Waals surface area contributed by atoms with Crippen molar-refractivity contribution in [2.24, 2.45) is 11.8 Å². The van der Waals surface area contributed by atoms with E-state index in [2.05, 4.69) is 10.6 Å². The number of aryl methyl sites for hydroxylation is 1. The van der Waals surface area contributed by atoms with Gasteiger partial charge in [-0.2, -0.15) is 0 Å². The molecule has 2 heterocycles. The Balaban J connectivity index is 1.43. The number of piperidine rings is 1. The van der Waals surface area contributed by atoms with Gasteiger partial charge in [0.2, 0.25) is 0 Å². The molecule has 0 aromatic heterocycles. The third-order valence-electron chi connectivity index (χ3n) is 6.91. The Hall–Kier alpha value is -3.48. The molecule has 0 spiro atoms. The van der Waals surface area contributed by atoms with E-state index < -0.39 is 11.6 Å². The van der Waals surface area contributed by atoms with E-state index in [1.807, 2.05) is 45.0 Å². The number of hydrogen-bond acceptors (Lipinski definition) is 4. The molecule has 0 bridgehead atoms. The van der Waals surface area contributed by atoms with E-state index in [9.17, 15) is 19.2 Å². The van der Waals surface area contributed by atoms with Crippen molar-refractivity contribution in [3.05, 3.63) is 70.8 Å². The normalized spacial score (nSPS) is 21.2. The molecule has 1 atom stereocenters. The zero-order valence-electron chi connectivity index (χ0n) is 19.2. The highest BCUT2D eigenvalue weighted by Gasteiger charge is 2.50.